The van der Waals surface area contributed by atoms with Crippen molar-refractivity contribution in [3.8, 4) is 11.3 Å². The highest BCUT2D eigenvalue weighted by atomic mass is 32.1. The number of carbonyl (C=O) groups excluding carboxylic acids is 3. The number of aromatic nitrogens is 1. The molecule has 0 radical (unpaired) electrons. The second kappa shape index (κ2) is 7.24. The molecule has 0 fully saturated rings. The molecule has 29 heavy (non-hydrogen) atoms. The average molecular weight is 408 g/mol. The molecule has 4 rings (SSSR count). The van der Waals surface area contributed by atoms with E-state index in [1.54, 1.807) is 41.8 Å². The minimum atomic E-state index is -0.552. The van der Waals surface area contributed by atoms with Crippen molar-refractivity contribution >= 4 is 39.9 Å². The predicted octanol–water partition coefficient (Wildman–Crippen LogP) is 2.95. The molecule has 0 saturated carbocycles. The van der Waals surface area contributed by atoms with Crippen LogP contribution in [-0.4, -0.2) is 39.1 Å². The molecule has 10 heteroatoms. The van der Waals surface area contributed by atoms with E-state index >= 15 is 0 Å². The average Bonchev–Trinajstić information content (AvgIpc) is 3.27. The summed E-state index contributed by atoms with van der Waals surface area (Å²) >= 11 is 1.16. The smallest absolute Gasteiger partial charge is 0.269 e. The Labute approximate surface area is 167 Å². The number of nitrogens with one attached hydrogen (secondary N) is 1. The van der Waals surface area contributed by atoms with Crippen LogP contribution in [0.3, 0.4) is 0 Å². The van der Waals surface area contributed by atoms with Crippen LogP contribution in [0.1, 0.15) is 20.7 Å². The van der Waals surface area contributed by atoms with Crippen LogP contribution < -0.4 is 5.32 Å². The van der Waals surface area contributed by atoms with Gasteiger partial charge in [-0.25, -0.2) is 4.98 Å². The Morgan fingerprint density at radius 1 is 1.07 bits per heavy atom. The van der Waals surface area contributed by atoms with Gasteiger partial charge >= 0.3 is 0 Å². The van der Waals surface area contributed by atoms with E-state index in [0.29, 0.717) is 16.4 Å². The summed E-state index contributed by atoms with van der Waals surface area (Å²) in [5, 5.41) is 15.3. The Hall–Kier alpha value is -3.92. The van der Waals surface area contributed by atoms with Gasteiger partial charge in [0.1, 0.15) is 6.54 Å². The molecule has 1 N–H and O–H groups in total. The standard InChI is InChI=1S/C19H12N4O5S/c24-16(9-22-17(25)13-3-1-2-4-14(13)18(22)26)21-19-20-15(10-29-19)11-5-7-12(8-6-11)23(27)28/h1-8,10H,9H2,(H,20,21,24). The SMILES string of the molecule is O=C(CN1C(=O)c2ccccc2C1=O)Nc1nc(-c2ccc([N+](=O)[O-])cc2)cs1. The number of thiazole rings is 1. The van der Waals surface area contributed by atoms with Gasteiger partial charge in [0, 0.05) is 23.1 Å². The lowest BCUT2D eigenvalue weighted by Gasteiger charge is -2.12. The van der Waals surface area contributed by atoms with Gasteiger partial charge in [-0.1, -0.05) is 12.1 Å². The zero-order chi connectivity index (χ0) is 20.5. The van der Waals surface area contributed by atoms with E-state index < -0.39 is 29.2 Å². The molecular weight excluding hydrogens is 396 g/mol. The van der Waals surface area contributed by atoms with E-state index in [2.05, 4.69) is 10.3 Å². The topological polar surface area (TPSA) is 123 Å². The Morgan fingerprint density at radius 3 is 2.28 bits per heavy atom. The third kappa shape index (κ3) is 3.48. The van der Waals surface area contributed by atoms with Crippen molar-refractivity contribution in [3.05, 3.63) is 75.2 Å². The summed E-state index contributed by atoms with van der Waals surface area (Å²) in [6, 6.07) is 12.3. The van der Waals surface area contributed by atoms with Gasteiger partial charge in [-0.2, -0.15) is 0 Å². The lowest BCUT2D eigenvalue weighted by Crippen LogP contribution is -2.37. The van der Waals surface area contributed by atoms with Gasteiger partial charge in [-0.05, 0) is 24.3 Å². The molecule has 144 valence electrons. The van der Waals surface area contributed by atoms with Crippen molar-refractivity contribution in [2.45, 2.75) is 0 Å². The molecule has 1 aliphatic rings. The number of benzene rings is 2. The highest BCUT2D eigenvalue weighted by Crippen LogP contribution is 2.27. The number of hydrogen-bond donors (Lipinski definition) is 1. The number of imide groups is 1. The van der Waals surface area contributed by atoms with Crippen molar-refractivity contribution in [2.24, 2.45) is 0 Å². The molecule has 0 unspecified atom stereocenters. The summed E-state index contributed by atoms with van der Waals surface area (Å²) in [4.78, 5) is 52.4. The van der Waals surface area contributed by atoms with E-state index in [0.717, 1.165) is 16.2 Å². The molecular formula is C19H12N4O5S. The third-order valence-electron chi connectivity index (χ3n) is 4.30. The molecule has 0 atom stereocenters. The molecule has 2 aromatic carbocycles. The molecule has 0 saturated heterocycles. The highest BCUT2D eigenvalue weighted by molar-refractivity contribution is 7.14. The van der Waals surface area contributed by atoms with Crippen molar-refractivity contribution in [1.29, 1.82) is 0 Å². The Morgan fingerprint density at radius 2 is 1.69 bits per heavy atom. The maximum absolute atomic E-state index is 12.3. The summed E-state index contributed by atoms with van der Waals surface area (Å²) in [5.74, 6) is -1.57. The summed E-state index contributed by atoms with van der Waals surface area (Å²) in [6.07, 6.45) is 0. The van der Waals surface area contributed by atoms with Crippen LogP contribution in [0.15, 0.2) is 53.9 Å². The van der Waals surface area contributed by atoms with Crippen molar-refractivity contribution in [3.63, 3.8) is 0 Å². The lowest BCUT2D eigenvalue weighted by atomic mass is 10.1. The molecule has 0 spiro atoms. The van der Waals surface area contributed by atoms with Crippen LogP contribution in [0.2, 0.25) is 0 Å². The molecule has 3 amide bonds. The lowest BCUT2D eigenvalue weighted by molar-refractivity contribution is -0.384. The van der Waals surface area contributed by atoms with Gasteiger partial charge < -0.3 is 5.32 Å². The number of amides is 3. The first kappa shape index (κ1) is 18.4. The van der Waals surface area contributed by atoms with Crippen LogP contribution in [-0.2, 0) is 4.79 Å². The number of fused-ring (bicyclic) bond motifs is 1. The fraction of sp³-hybridized carbons (Fsp3) is 0.0526. The molecule has 9 nitrogen and oxygen atoms in total. The molecule has 3 aromatic rings. The number of rotatable bonds is 5. The Kier molecular flexibility index (Phi) is 4.61. The normalized spacial score (nSPS) is 12.8. The maximum atomic E-state index is 12.3. The second-order valence-corrected chi connectivity index (χ2v) is 6.99. The largest absolute Gasteiger partial charge is 0.300 e. The summed E-state index contributed by atoms with van der Waals surface area (Å²) < 4.78 is 0. The fourth-order valence-corrected chi connectivity index (χ4v) is 3.64. The quantitative estimate of drug-likeness (QED) is 0.393. The summed E-state index contributed by atoms with van der Waals surface area (Å²) in [5.41, 5.74) is 1.73. The first-order valence-electron chi connectivity index (χ1n) is 8.39. The maximum Gasteiger partial charge on any atom is 0.269 e. The number of non-ortho nitro benzene ring substituents is 1. The Balaban J connectivity index is 1.43. The minimum Gasteiger partial charge on any atom is -0.300 e. The van der Waals surface area contributed by atoms with E-state index in [9.17, 15) is 24.5 Å². The first-order chi connectivity index (χ1) is 13.9. The first-order valence-corrected chi connectivity index (χ1v) is 9.27. The molecule has 2 heterocycles. The van der Waals surface area contributed by atoms with Crippen molar-refractivity contribution in [1.82, 2.24) is 9.88 Å². The van der Waals surface area contributed by atoms with Gasteiger partial charge in [-0.15, -0.1) is 11.3 Å². The van der Waals surface area contributed by atoms with Gasteiger partial charge in [-0.3, -0.25) is 29.4 Å². The third-order valence-corrected chi connectivity index (χ3v) is 5.06. The fourth-order valence-electron chi connectivity index (χ4n) is 2.90. The van der Waals surface area contributed by atoms with Crippen LogP contribution in [0, 0.1) is 10.1 Å². The summed E-state index contributed by atoms with van der Waals surface area (Å²) in [6.45, 7) is -0.418. The monoisotopic (exact) mass is 408 g/mol. The van der Waals surface area contributed by atoms with Crippen molar-refractivity contribution in [2.75, 3.05) is 11.9 Å². The second-order valence-electron chi connectivity index (χ2n) is 6.13. The Bertz CT molecular complexity index is 1120. The van der Waals surface area contributed by atoms with Crippen molar-refractivity contribution < 1.29 is 19.3 Å². The van der Waals surface area contributed by atoms with Gasteiger partial charge in [0.2, 0.25) is 5.91 Å². The minimum absolute atomic E-state index is 0.0292. The zero-order valence-corrected chi connectivity index (χ0v) is 15.5. The summed E-state index contributed by atoms with van der Waals surface area (Å²) in [7, 11) is 0. The number of carbonyl (C=O) groups is 3. The van der Waals surface area contributed by atoms with E-state index in [-0.39, 0.29) is 16.8 Å². The molecule has 1 aromatic heterocycles. The van der Waals surface area contributed by atoms with E-state index in [1.165, 1.54) is 12.1 Å². The van der Waals surface area contributed by atoms with Crippen LogP contribution in [0.4, 0.5) is 10.8 Å². The molecule has 0 bridgehead atoms. The molecule has 1 aliphatic heterocycles. The van der Waals surface area contributed by atoms with Crippen LogP contribution >= 0.6 is 11.3 Å². The number of anilines is 1. The molecule has 0 aliphatic carbocycles. The van der Waals surface area contributed by atoms with Gasteiger partial charge in [0.05, 0.1) is 21.7 Å². The van der Waals surface area contributed by atoms with E-state index in [1.807, 2.05) is 0 Å². The zero-order valence-electron chi connectivity index (χ0n) is 14.7. The highest BCUT2D eigenvalue weighted by Gasteiger charge is 2.36. The predicted molar refractivity (Wildman–Crippen MR) is 105 cm³/mol. The number of nitrogens with zero attached hydrogens (tertiary/aromatic N) is 3. The van der Waals surface area contributed by atoms with Gasteiger partial charge in [0.15, 0.2) is 5.13 Å². The number of nitro groups is 1. The van der Waals surface area contributed by atoms with Gasteiger partial charge in [0.25, 0.3) is 17.5 Å². The number of nitro benzene ring substituents is 1. The van der Waals surface area contributed by atoms with Crippen LogP contribution in [0.5, 0.6) is 0 Å². The van der Waals surface area contributed by atoms with E-state index in [4.69, 9.17) is 0 Å². The van der Waals surface area contributed by atoms with Crippen LogP contribution in [0.25, 0.3) is 11.3 Å². The number of hydrogen-bond acceptors (Lipinski definition) is 7.